The van der Waals surface area contributed by atoms with Gasteiger partial charge in [0.05, 0.1) is 23.9 Å². The van der Waals surface area contributed by atoms with Gasteiger partial charge in [-0.15, -0.1) is 11.3 Å². The molecule has 0 aliphatic rings. The molecule has 0 aliphatic carbocycles. The molecule has 2 aromatic rings. The first-order valence-corrected chi connectivity index (χ1v) is 9.42. The van der Waals surface area contributed by atoms with Gasteiger partial charge in [0.1, 0.15) is 0 Å². The van der Waals surface area contributed by atoms with Crippen molar-refractivity contribution in [1.29, 1.82) is 0 Å². The maximum absolute atomic E-state index is 12.5. The smallest absolute Gasteiger partial charge is 0.254 e. The molecule has 2 unspecified atom stereocenters. The van der Waals surface area contributed by atoms with Gasteiger partial charge >= 0.3 is 0 Å². The minimum Gasteiger partial charge on any atom is -0.387 e. The van der Waals surface area contributed by atoms with E-state index in [-0.39, 0.29) is 11.9 Å². The molecule has 2 rings (SSSR count). The molecule has 132 valence electrons. The van der Waals surface area contributed by atoms with Gasteiger partial charge in [-0.3, -0.25) is 9.48 Å². The molecule has 24 heavy (non-hydrogen) atoms. The van der Waals surface area contributed by atoms with Gasteiger partial charge in [0, 0.05) is 16.6 Å². The Bertz CT molecular complexity index is 647. The first-order chi connectivity index (χ1) is 11.5. The fourth-order valence-electron chi connectivity index (χ4n) is 2.94. The number of aromatic nitrogens is 2. The third-order valence-electron chi connectivity index (χ3n) is 4.40. The van der Waals surface area contributed by atoms with E-state index in [4.69, 9.17) is 0 Å². The molecule has 0 aliphatic heterocycles. The van der Waals surface area contributed by atoms with Gasteiger partial charge in [0.15, 0.2) is 0 Å². The largest absolute Gasteiger partial charge is 0.387 e. The molecule has 0 radical (unpaired) electrons. The maximum Gasteiger partial charge on any atom is 0.254 e. The number of thiophene rings is 1. The summed E-state index contributed by atoms with van der Waals surface area (Å²) < 4.78 is 1.94. The molecule has 2 aromatic heterocycles. The monoisotopic (exact) mass is 349 g/mol. The lowest BCUT2D eigenvalue weighted by Crippen LogP contribution is -2.34. The first kappa shape index (κ1) is 18.7. The van der Waals surface area contributed by atoms with Gasteiger partial charge in [-0.1, -0.05) is 19.9 Å². The van der Waals surface area contributed by atoms with Crippen molar-refractivity contribution >= 4 is 17.2 Å². The number of rotatable bonds is 8. The molecule has 2 N–H and O–H groups in total. The summed E-state index contributed by atoms with van der Waals surface area (Å²) in [4.78, 5) is 13.4. The zero-order valence-electron chi connectivity index (χ0n) is 14.8. The van der Waals surface area contributed by atoms with Crippen LogP contribution in [0.3, 0.4) is 0 Å². The van der Waals surface area contributed by atoms with Crippen LogP contribution in [0.25, 0.3) is 0 Å². The predicted molar refractivity (Wildman–Crippen MR) is 97.4 cm³/mol. The fraction of sp³-hybridized carbons (Fsp3) is 0.556. The Kier molecular flexibility index (Phi) is 6.57. The summed E-state index contributed by atoms with van der Waals surface area (Å²) in [7, 11) is 0. The zero-order chi connectivity index (χ0) is 17.7. The van der Waals surface area contributed by atoms with Crippen molar-refractivity contribution in [3.63, 3.8) is 0 Å². The van der Waals surface area contributed by atoms with Gasteiger partial charge in [0.25, 0.3) is 5.91 Å². The predicted octanol–water partition coefficient (Wildman–Crippen LogP) is 3.86. The summed E-state index contributed by atoms with van der Waals surface area (Å²) in [6.07, 6.45) is 3.57. The Balaban J connectivity index is 1.99. The molecular weight excluding hydrogens is 322 g/mol. The number of nitrogens with one attached hydrogen (secondary N) is 1. The van der Waals surface area contributed by atoms with Crippen LogP contribution in [0.15, 0.2) is 23.7 Å². The maximum atomic E-state index is 12.5. The number of nitrogens with zero attached hydrogens (tertiary/aromatic N) is 2. The minimum absolute atomic E-state index is 0.120. The van der Waals surface area contributed by atoms with Crippen LogP contribution in [0.2, 0.25) is 0 Å². The molecule has 0 bridgehead atoms. The lowest BCUT2D eigenvalue weighted by Gasteiger charge is -2.18. The molecule has 0 saturated carbocycles. The van der Waals surface area contributed by atoms with Crippen LogP contribution in [0.4, 0.5) is 0 Å². The second kappa shape index (κ2) is 8.44. The van der Waals surface area contributed by atoms with Crippen molar-refractivity contribution in [3.05, 3.63) is 39.8 Å². The Hall–Kier alpha value is -1.66. The molecule has 0 spiro atoms. The number of carbonyl (C=O) groups is 1. The highest BCUT2D eigenvalue weighted by Crippen LogP contribution is 2.23. The van der Waals surface area contributed by atoms with Crippen LogP contribution in [0.5, 0.6) is 0 Å². The standard InChI is InChI=1S/C18H27N3O2S/c1-5-14(6-2)21-13(4)15(11-19-21)18(23)20-12(3)10-16(22)17-8-7-9-24-17/h7-9,11-12,14,16,22H,5-6,10H2,1-4H3,(H,20,23). The van der Waals surface area contributed by atoms with Gasteiger partial charge in [-0.05, 0) is 44.6 Å². The molecule has 0 saturated heterocycles. The van der Waals surface area contributed by atoms with E-state index in [1.54, 1.807) is 6.20 Å². The topological polar surface area (TPSA) is 67.2 Å². The van der Waals surface area contributed by atoms with Crippen LogP contribution in [-0.4, -0.2) is 26.8 Å². The third-order valence-corrected chi connectivity index (χ3v) is 5.38. The summed E-state index contributed by atoms with van der Waals surface area (Å²) in [5.74, 6) is -0.129. The van der Waals surface area contributed by atoms with E-state index in [0.717, 1.165) is 23.4 Å². The second-order valence-electron chi connectivity index (χ2n) is 6.20. The number of hydrogen-bond acceptors (Lipinski definition) is 4. The summed E-state index contributed by atoms with van der Waals surface area (Å²) >= 11 is 1.53. The Morgan fingerprint density at radius 2 is 2.12 bits per heavy atom. The summed E-state index contributed by atoms with van der Waals surface area (Å²) in [6.45, 7) is 8.10. The first-order valence-electron chi connectivity index (χ1n) is 8.54. The van der Waals surface area contributed by atoms with E-state index in [2.05, 4.69) is 24.3 Å². The number of aliphatic hydroxyl groups excluding tert-OH is 1. The van der Waals surface area contributed by atoms with Crippen LogP contribution in [-0.2, 0) is 0 Å². The Labute approximate surface area is 147 Å². The lowest BCUT2D eigenvalue weighted by molar-refractivity contribution is 0.0917. The molecule has 2 atom stereocenters. The lowest BCUT2D eigenvalue weighted by atomic mass is 10.1. The number of amides is 1. The number of carbonyl (C=O) groups excluding carboxylic acids is 1. The van der Waals surface area contributed by atoms with Gasteiger partial charge in [-0.2, -0.15) is 5.10 Å². The van der Waals surface area contributed by atoms with E-state index >= 15 is 0 Å². The highest BCUT2D eigenvalue weighted by atomic mass is 32.1. The van der Waals surface area contributed by atoms with Gasteiger partial charge < -0.3 is 10.4 Å². The van der Waals surface area contributed by atoms with Crippen LogP contribution < -0.4 is 5.32 Å². The van der Waals surface area contributed by atoms with Crippen molar-refractivity contribution in [1.82, 2.24) is 15.1 Å². The highest BCUT2D eigenvalue weighted by molar-refractivity contribution is 7.10. The van der Waals surface area contributed by atoms with Crippen LogP contribution >= 0.6 is 11.3 Å². The quantitative estimate of drug-likeness (QED) is 0.760. The normalized spacial score (nSPS) is 13.9. The third kappa shape index (κ3) is 4.24. The van der Waals surface area contributed by atoms with Crippen molar-refractivity contribution < 1.29 is 9.90 Å². The average molecular weight is 350 g/mol. The number of hydrogen-bond donors (Lipinski definition) is 2. The molecular formula is C18H27N3O2S. The van der Waals surface area contributed by atoms with E-state index < -0.39 is 6.10 Å². The van der Waals surface area contributed by atoms with Crippen LogP contribution in [0.1, 0.15) is 73.1 Å². The summed E-state index contributed by atoms with van der Waals surface area (Å²) in [6, 6.07) is 4.03. The number of aliphatic hydroxyl groups is 1. The molecule has 0 aromatic carbocycles. The second-order valence-corrected chi connectivity index (χ2v) is 7.18. The van der Waals surface area contributed by atoms with E-state index in [9.17, 15) is 9.90 Å². The van der Waals surface area contributed by atoms with E-state index in [1.807, 2.05) is 36.0 Å². The minimum atomic E-state index is -0.548. The van der Waals surface area contributed by atoms with Crippen LogP contribution in [0, 0.1) is 6.92 Å². The SMILES string of the molecule is CCC(CC)n1ncc(C(=O)NC(C)CC(O)c2cccs2)c1C. The Morgan fingerprint density at radius 3 is 2.71 bits per heavy atom. The molecule has 2 heterocycles. The van der Waals surface area contributed by atoms with Gasteiger partial charge in [-0.25, -0.2) is 0 Å². The zero-order valence-corrected chi connectivity index (χ0v) is 15.6. The fourth-order valence-corrected chi connectivity index (χ4v) is 3.67. The van der Waals surface area contributed by atoms with Crippen molar-refractivity contribution in [3.8, 4) is 0 Å². The summed E-state index contributed by atoms with van der Waals surface area (Å²) in [5, 5.41) is 19.5. The summed E-state index contributed by atoms with van der Waals surface area (Å²) in [5.41, 5.74) is 1.51. The highest BCUT2D eigenvalue weighted by Gasteiger charge is 2.20. The molecule has 6 heteroatoms. The van der Waals surface area contributed by atoms with Crippen molar-refractivity contribution in [2.45, 2.75) is 65.1 Å². The van der Waals surface area contributed by atoms with Crippen molar-refractivity contribution in [2.24, 2.45) is 0 Å². The molecule has 0 fully saturated rings. The molecule has 5 nitrogen and oxygen atoms in total. The van der Waals surface area contributed by atoms with Gasteiger partial charge in [0.2, 0.25) is 0 Å². The Morgan fingerprint density at radius 1 is 1.42 bits per heavy atom. The van der Waals surface area contributed by atoms with Crippen molar-refractivity contribution in [2.75, 3.05) is 0 Å². The average Bonchev–Trinajstić information content (AvgIpc) is 3.19. The van der Waals surface area contributed by atoms with E-state index in [0.29, 0.717) is 18.0 Å². The molecule has 1 amide bonds. The van der Waals surface area contributed by atoms with E-state index in [1.165, 1.54) is 11.3 Å².